The zero-order valence-corrected chi connectivity index (χ0v) is 18.7. The predicted octanol–water partition coefficient (Wildman–Crippen LogP) is 4.60. The maximum atomic E-state index is 11.4. The van der Waals surface area contributed by atoms with Gasteiger partial charge in [0.05, 0.1) is 13.2 Å². The van der Waals surface area contributed by atoms with Crippen molar-refractivity contribution in [3.63, 3.8) is 0 Å². The molecule has 3 aromatic rings. The van der Waals surface area contributed by atoms with Crippen molar-refractivity contribution in [3.05, 3.63) is 114 Å². The first-order valence-electron chi connectivity index (χ1n) is 11.1. The molecular weight excluding hydrogens is 416 g/mol. The number of rotatable bonds is 9. The third-order valence-corrected chi connectivity index (χ3v) is 5.81. The van der Waals surface area contributed by atoms with Gasteiger partial charge in [0, 0.05) is 7.11 Å². The van der Waals surface area contributed by atoms with E-state index in [4.69, 9.17) is 18.9 Å². The molecule has 172 valence electrons. The van der Waals surface area contributed by atoms with Crippen LogP contribution in [0.3, 0.4) is 0 Å². The summed E-state index contributed by atoms with van der Waals surface area (Å²) < 4.78 is 24.3. The second-order valence-corrected chi connectivity index (χ2v) is 8.07. The number of aliphatic hydroxyl groups excluding tert-OH is 1. The van der Waals surface area contributed by atoms with E-state index in [0.29, 0.717) is 18.8 Å². The topological polar surface area (TPSA) is 57.2 Å². The van der Waals surface area contributed by atoms with E-state index in [-0.39, 0.29) is 0 Å². The minimum Gasteiger partial charge on any atom is -0.387 e. The molecule has 0 radical (unpaired) electrons. The second-order valence-electron chi connectivity index (χ2n) is 8.07. The summed E-state index contributed by atoms with van der Waals surface area (Å²) >= 11 is 0. The van der Waals surface area contributed by atoms with E-state index in [1.807, 2.05) is 91.0 Å². The Labute approximate surface area is 195 Å². The van der Waals surface area contributed by atoms with Crippen molar-refractivity contribution in [2.45, 2.75) is 43.9 Å². The Bertz CT molecular complexity index is 993. The molecule has 4 rings (SSSR count). The minimum absolute atomic E-state index is 0.328. The van der Waals surface area contributed by atoms with E-state index in [9.17, 15) is 5.11 Å². The summed E-state index contributed by atoms with van der Waals surface area (Å²) in [4.78, 5) is 0. The smallest absolute Gasteiger partial charge is 0.186 e. The lowest BCUT2D eigenvalue weighted by atomic mass is 9.90. The van der Waals surface area contributed by atoms with Crippen LogP contribution in [0.25, 0.3) is 5.57 Å². The number of ether oxygens (including phenoxy) is 4. The van der Waals surface area contributed by atoms with Gasteiger partial charge in [-0.1, -0.05) is 97.6 Å². The zero-order chi connectivity index (χ0) is 23.0. The molecule has 0 spiro atoms. The van der Waals surface area contributed by atoms with Gasteiger partial charge in [0.1, 0.15) is 24.4 Å². The molecule has 1 heterocycles. The maximum Gasteiger partial charge on any atom is 0.186 e. The molecule has 3 aromatic carbocycles. The fraction of sp³-hybridized carbons (Fsp3) is 0.286. The average molecular weight is 447 g/mol. The summed E-state index contributed by atoms with van der Waals surface area (Å²) in [5.74, 6) is 0. The Morgan fingerprint density at radius 3 is 1.79 bits per heavy atom. The molecule has 5 nitrogen and oxygen atoms in total. The molecule has 5 heteroatoms. The summed E-state index contributed by atoms with van der Waals surface area (Å²) in [7, 11) is 1.57. The van der Waals surface area contributed by atoms with E-state index in [0.717, 1.165) is 16.7 Å². The highest BCUT2D eigenvalue weighted by molar-refractivity contribution is 5.67. The van der Waals surface area contributed by atoms with E-state index < -0.39 is 30.7 Å². The number of aliphatic hydroxyl groups is 1. The normalized spacial score (nSPS) is 25.0. The van der Waals surface area contributed by atoms with Crippen molar-refractivity contribution < 1.29 is 24.1 Å². The average Bonchev–Trinajstić information content (AvgIpc) is 2.88. The fourth-order valence-corrected chi connectivity index (χ4v) is 4.02. The molecule has 1 fully saturated rings. The van der Waals surface area contributed by atoms with E-state index in [1.165, 1.54) is 0 Å². The first kappa shape index (κ1) is 23.4. The molecular formula is C28H30O5. The van der Waals surface area contributed by atoms with E-state index >= 15 is 0 Å². The molecule has 0 aromatic heterocycles. The Hall–Kier alpha value is -2.80. The van der Waals surface area contributed by atoms with Crippen molar-refractivity contribution in [1.29, 1.82) is 0 Å². The molecule has 1 saturated heterocycles. The molecule has 0 unspecified atom stereocenters. The van der Waals surface area contributed by atoms with Gasteiger partial charge in [0.15, 0.2) is 6.29 Å². The highest BCUT2D eigenvalue weighted by Crippen LogP contribution is 2.34. The molecule has 0 aliphatic carbocycles. The summed E-state index contributed by atoms with van der Waals surface area (Å²) in [6, 6.07) is 29.4. The highest BCUT2D eigenvalue weighted by atomic mass is 16.7. The van der Waals surface area contributed by atoms with Crippen LogP contribution in [-0.4, -0.2) is 42.9 Å². The van der Waals surface area contributed by atoms with Crippen molar-refractivity contribution in [2.24, 2.45) is 0 Å². The molecule has 33 heavy (non-hydrogen) atoms. The Morgan fingerprint density at radius 2 is 1.27 bits per heavy atom. The van der Waals surface area contributed by atoms with Crippen LogP contribution in [0.1, 0.15) is 16.7 Å². The fourth-order valence-electron chi connectivity index (χ4n) is 4.02. The van der Waals surface area contributed by atoms with Gasteiger partial charge in [-0.2, -0.15) is 0 Å². The van der Waals surface area contributed by atoms with Gasteiger partial charge >= 0.3 is 0 Å². The van der Waals surface area contributed by atoms with Gasteiger partial charge in [0.2, 0.25) is 0 Å². The molecule has 1 aliphatic heterocycles. The van der Waals surface area contributed by atoms with Crippen LogP contribution in [0.2, 0.25) is 0 Å². The first-order chi connectivity index (χ1) is 16.2. The van der Waals surface area contributed by atoms with Gasteiger partial charge in [-0.15, -0.1) is 0 Å². The molecule has 5 atom stereocenters. The van der Waals surface area contributed by atoms with Crippen LogP contribution in [-0.2, 0) is 32.2 Å². The van der Waals surface area contributed by atoms with Crippen molar-refractivity contribution in [3.8, 4) is 0 Å². The van der Waals surface area contributed by atoms with Crippen LogP contribution >= 0.6 is 0 Å². The second kappa shape index (κ2) is 11.4. The van der Waals surface area contributed by atoms with Crippen molar-refractivity contribution >= 4 is 5.57 Å². The summed E-state index contributed by atoms with van der Waals surface area (Å²) in [6.45, 7) is 4.87. The lowest BCUT2D eigenvalue weighted by molar-refractivity contribution is -0.299. The van der Waals surface area contributed by atoms with Gasteiger partial charge < -0.3 is 24.1 Å². The van der Waals surface area contributed by atoms with Crippen molar-refractivity contribution in [1.82, 2.24) is 0 Å². The van der Waals surface area contributed by atoms with Gasteiger partial charge in [-0.25, -0.2) is 0 Å². The van der Waals surface area contributed by atoms with Crippen LogP contribution in [0.15, 0.2) is 97.6 Å². The third kappa shape index (κ3) is 5.77. The molecule has 1 N–H and O–H groups in total. The summed E-state index contributed by atoms with van der Waals surface area (Å²) in [5, 5.41) is 11.4. The zero-order valence-electron chi connectivity index (χ0n) is 18.7. The third-order valence-electron chi connectivity index (χ3n) is 5.81. The quantitative estimate of drug-likeness (QED) is 0.521. The van der Waals surface area contributed by atoms with E-state index in [2.05, 4.69) is 6.58 Å². The molecule has 0 amide bonds. The van der Waals surface area contributed by atoms with Crippen LogP contribution in [0.4, 0.5) is 0 Å². The Balaban J connectivity index is 1.57. The number of hydrogen-bond donors (Lipinski definition) is 1. The molecule has 1 aliphatic rings. The lowest BCUT2D eigenvalue weighted by Gasteiger charge is -2.44. The number of benzene rings is 3. The Kier molecular flexibility index (Phi) is 8.05. The molecule has 0 saturated carbocycles. The molecule has 0 bridgehead atoms. The van der Waals surface area contributed by atoms with Gasteiger partial charge in [-0.05, 0) is 22.3 Å². The number of methoxy groups -OCH3 is 1. The first-order valence-corrected chi connectivity index (χ1v) is 11.1. The number of hydrogen-bond acceptors (Lipinski definition) is 5. The summed E-state index contributed by atoms with van der Waals surface area (Å²) in [5.41, 5.74) is 3.58. The SMILES string of the molecule is C=C(c1ccccc1)[C@@H]1O[C@@H](OC)[C@H](OCc2ccccc2)[C@@H](OCc2ccccc2)[C@@H]1O. The highest BCUT2D eigenvalue weighted by Gasteiger charge is 2.48. The van der Waals surface area contributed by atoms with Crippen LogP contribution in [0, 0.1) is 0 Å². The lowest BCUT2D eigenvalue weighted by Crippen LogP contribution is -2.59. The van der Waals surface area contributed by atoms with Gasteiger partial charge in [-0.3, -0.25) is 0 Å². The van der Waals surface area contributed by atoms with E-state index in [1.54, 1.807) is 7.11 Å². The van der Waals surface area contributed by atoms with Crippen molar-refractivity contribution in [2.75, 3.05) is 7.11 Å². The van der Waals surface area contributed by atoms with Crippen LogP contribution in [0.5, 0.6) is 0 Å². The monoisotopic (exact) mass is 446 g/mol. The maximum absolute atomic E-state index is 11.4. The Morgan fingerprint density at radius 1 is 0.788 bits per heavy atom. The summed E-state index contributed by atoms with van der Waals surface area (Å²) in [6.07, 6.45) is -3.74. The standard InChI is InChI=1S/C28H30O5/c1-20(23-16-10-5-11-17-23)25-24(29)26(31-18-21-12-6-3-7-13-21)27(28(30-2)33-25)32-19-22-14-8-4-9-15-22/h3-17,24-29H,1,18-19H2,2H3/t24-,25+,26+,27-,28-/m1/s1. The van der Waals surface area contributed by atoms with Gasteiger partial charge in [0.25, 0.3) is 0 Å². The largest absolute Gasteiger partial charge is 0.387 e. The minimum atomic E-state index is -0.992. The van der Waals surface area contributed by atoms with Crippen LogP contribution < -0.4 is 0 Å². The predicted molar refractivity (Wildman–Crippen MR) is 127 cm³/mol.